The number of rotatable bonds is 13. The minimum Gasteiger partial charge on any atom is -0.339 e. The van der Waals surface area contributed by atoms with Crippen molar-refractivity contribution in [2.45, 2.75) is 122 Å². The first-order valence-electron chi connectivity index (χ1n) is 16.8. The maximum Gasteiger partial charge on any atom is 0.355 e. The van der Waals surface area contributed by atoms with Crippen molar-refractivity contribution in [1.82, 2.24) is 20.4 Å². The van der Waals surface area contributed by atoms with Crippen LogP contribution in [0, 0.1) is 23.6 Å². The summed E-state index contributed by atoms with van der Waals surface area (Å²) in [5.74, 6) is -9.75. The number of hydrogen-bond donors (Lipinski definition) is 3. The van der Waals surface area contributed by atoms with E-state index in [1.165, 1.54) is 30.6 Å². The van der Waals surface area contributed by atoms with Crippen molar-refractivity contribution in [2.24, 2.45) is 17.8 Å². The SMILES string of the molecule is CC(C(=O)NC(F)C(F)(F)C(F)F)c1ccc(NC(=O)C(NC(=O)c2ccnn2C(C)C)C(C2CCCCC2)C2CCCCC2)c(F)c1. The van der Waals surface area contributed by atoms with Crippen LogP contribution in [0.5, 0.6) is 0 Å². The monoisotopic (exact) mass is 685 g/mol. The van der Waals surface area contributed by atoms with Crippen LogP contribution in [-0.2, 0) is 9.59 Å². The number of alkyl halides is 5. The zero-order valence-electron chi connectivity index (χ0n) is 27.5. The highest BCUT2D eigenvalue weighted by Crippen LogP contribution is 2.42. The molecule has 4 rings (SSSR count). The zero-order chi connectivity index (χ0) is 35.2. The second-order valence-electron chi connectivity index (χ2n) is 13.4. The molecule has 0 spiro atoms. The molecule has 3 unspecified atom stereocenters. The number of carbonyl (C=O) groups excluding carboxylic acids is 3. The summed E-state index contributed by atoms with van der Waals surface area (Å²) < 4.78 is 82.4. The average molecular weight is 686 g/mol. The lowest BCUT2D eigenvalue weighted by molar-refractivity contribution is -0.181. The lowest BCUT2D eigenvalue weighted by Crippen LogP contribution is -2.53. The van der Waals surface area contributed by atoms with Gasteiger partial charge in [0, 0.05) is 12.2 Å². The summed E-state index contributed by atoms with van der Waals surface area (Å²) in [6, 6.07) is 3.77. The molecule has 3 atom stereocenters. The summed E-state index contributed by atoms with van der Waals surface area (Å²) in [7, 11) is 0. The average Bonchev–Trinajstić information content (AvgIpc) is 3.57. The highest BCUT2D eigenvalue weighted by atomic mass is 19.3. The first-order chi connectivity index (χ1) is 22.7. The Morgan fingerprint density at radius 1 is 0.854 bits per heavy atom. The molecule has 1 heterocycles. The van der Waals surface area contributed by atoms with Gasteiger partial charge in [-0.3, -0.25) is 19.1 Å². The fourth-order valence-electron chi connectivity index (χ4n) is 7.15. The molecule has 0 saturated heterocycles. The van der Waals surface area contributed by atoms with Gasteiger partial charge in [0.25, 0.3) is 5.91 Å². The summed E-state index contributed by atoms with van der Waals surface area (Å²) in [5, 5.41) is 11.1. The summed E-state index contributed by atoms with van der Waals surface area (Å²) in [6.45, 7) is 4.93. The van der Waals surface area contributed by atoms with Crippen LogP contribution in [0.25, 0.3) is 0 Å². The largest absolute Gasteiger partial charge is 0.355 e. The van der Waals surface area contributed by atoms with E-state index in [4.69, 9.17) is 0 Å². The van der Waals surface area contributed by atoms with E-state index < -0.39 is 54.1 Å². The Hall–Kier alpha value is -3.58. The number of nitrogens with zero attached hydrogens (tertiary/aromatic N) is 2. The molecule has 2 saturated carbocycles. The summed E-state index contributed by atoms with van der Waals surface area (Å²) in [4.78, 5) is 40.2. The van der Waals surface area contributed by atoms with Crippen LogP contribution in [0.15, 0.2) is 30.5 Å². The smallest absolute Gasteiger partial charge is 0.339 e. The van der Waals surface area contributed by atoms with E-state index in [0.717, 1.165) is 70.3 Å². The maximum atomic E-state index is 15.5. The Kier molecular flexibility index (Phi) is 12.6. The number of hydrogen-bond acceptors (Lipinski definition) is 4. The molecule has 48 heavy (non-hydrogen) atoms. The van der Waals surface area contributed by atoms with Gasteiger partial charge in [-0.1, -0.05) is 70.3 Å². The highest BCUT2D eigenvalue weighted by Gasteiger charge is 2.50. The van der Waals surface area contributed by atoms with Crippen molar-refractivity contribution in [2.75, 3.05) is 5.32 Å². The normalized spacial score (nSPS) is 18.5. The molecule has 2 aliphatic rings. The van der Waals surface area contributed by atoms with Crippen LogP contribution >= 0.6 is 0 Å². The number of nitrogens with one attached hydrogen (secondary N) is 3. The van der Waals surface area contributed by atoms with Crippen LogP contribution in [0.3, 0.4) is 0 Å². The quantitative estimate of drug-likeness (QED) is 0.150. The molecular weight excluding hydrogens is 640 g/mol. The molecule has 0 radical (unpaired) electrons. The first-order valence-corrected chi connectivity index (χ1v) is 16.8. The molecule has 266 valence electrons. The molecular formula is C34H45F6N5O3. The molecule has 1 aromatic heterocycles. The third-order valence-corrected chi connectivity index (χ3v) is 9.78. The second kappa shape index (κ2) is 16.2. The number of anilines is 1. The number of aromatic nitrogens is 2. The number of halogens is 6. The van der Waals surface area contributed by atoms with Crippen molar-refractivity contribution in [3.63, 3.8) is 0 Å². The summed E-state index contributed by atoms with van der Waals surface area (Å²) in [5.41, 5.74) is -0.0235. The summed E-state index contributed by atoms with van der Waals surface area (Å²) in [6.07, 6.45) is 3.43. The molecule has 2 aliphatic carbocycles. The van der Waals surface area contributed by atoms with Crippen molar-refractivity contribution < 1.29 is 40.7 Å². The standard InChI is InChI=1S/C34H45F6N5O3/c1-19(2)45-26(16-17-41-45)30(47)43-28(27(21-10-6-4-7-11-21)22-12-8-5-9-13-22)31(48)42-25-15-14-23(18-24(25)35)20(3)29(46)44-33(38)34(39,40)32(36)37/h14-22,27-28,32-33H,4-13H2,1-3H3,(H,42,48)(H,43,47)(H,44,46). The number of benzene rings is 1. The van der Waals surface area contributed by atoms with Crippen molar-refractivity contribution in [3.8, 4) is 0 Å². The van der Waals surface area contributed by atoms with E-state index in [9.17, 15) is 36.3 Å². The van der Waals surface area contributed by atoms with Gasteiger partial charge in [0.2, 0.25) is 18.1 Å². The van der Waals surface area contributed by atoms with Gasteiger partial charge in [-0.15, -0.1) is 0 Å². The molecule has 0 bridgehead atoms. The van der Waals surface area contributed by atoms with E-state index in [1.54, 1.807) is 10.7 Å². The molecule has 0 aliphatic heterocycles. The Labute approximate surface area is 276 Å². The van der Waals surface area contributed by atoms with Gasteiger partial charge >= 0.3 is 12.3 Å². The van der Waals surface area contributed by atoms with E-state index in [-0.39, 0.29) is 35.0 Å². The Morgan fingerprint density at radius 2 is 1.44 bits per heavy atom. The van der Waals surface area contributed by atoms with Crippen molar-refractivity contribution in [3.05, 3.63) is 47.5 Å². The topological polar surface area (TPSA) is 105 Å². The Morgan fingerprint density at radius 3 is 1.96 bits per heavy atom. The number of amides is 3. The second-order valence-corrected chi connectivity index (χ2v) is 13.4. The van der Waals surface area contributed by atoms with Gasteiger partial charge < -0.3 is 16.0 Å². The maximum absolute atomic E-state index is 15.5. The third-order valence-electron chi connectivity index (χ3n) is 9.78. The lowest BCUT2D eigenvalue weighted by atomic mass is 9.66. The van der Waals surface area contributed by atoms with Crippen LogP contribution < -0.4 is 16.0 Å². The molecule has 3 amide bonds. The van der Waals surface area contributed by atoms with Crippen LogP contribution in [0.4, 0.5) is 32.0 Å². The van der Waals surface area contributed by atoms with Crippen molar-refractivity contribution in [1.29, 1.82) is 0 Å². The molecule has 1 aromatic carbocycles. The van der Waals surface area contributed by atoms with E-state index in [2.05, 4.69) is 15.7 Å². The highest BCUT2D eigenvalue weighted by molar-refractivity contribution is 6.01. The molecule has 2 fully saturated rings. The van der Waals surface area contributed by atoms with Gasteiger partial charge in [-0.2, -0.15) is 13.9 Å². The molecule has 2 aromatic rings. The van der Waals surface area contributed by atoms with E-state index in [1.807, 2.05) is 13.8 Å². The van der Waals surface area contributed by atoms with Crippen LogP contribution in [-0.4, -0.2) is 52.2 Å². The Bertz CT molecular complexity index is 1390. The van der Waals surface area contributed by atoms with E-state index in [0.29, 0.717) is 5.69 Å². The van der Waals surface area contributed by atoms with Crippen molar-refractivity contribution >= 4 is 23.4 Å². The Balaban J connectivity index is 1.59. The minimum absolute atomic E-state index is 0.0651. The number of carbonyl (C=O) groups is 3. The molecule has 14 heteroatoms. The van der Waals surface area contributed by atoms with Gasteiger partial charge in [-0.05, 0) is 62.3 Å². The lowest BCUT2D eigenvalue weighted by Gasteiger charge is -2.42. The van der Waals surface area contributed by atoms with Gasteiger partial charge in [0.15, 0.2) is 0 Å². The predicted octanol–water partition coefficient (Wildman–Crippen LogP) is 7.53. The zero-order valence-corrected chi connectivity index (χ0v) is 27.5. The van der Waals surface area contributed by atoms with E-state index >= 15 is 4.39 Å². The first kappa shape index (κ1) is 37.2. The molecule has 8 nitrogen and oxygen atoms in total. The predicted molar refractivity (Wildman–Crippen MR) is 168 cm³/mol. The van der Waals surface area contributed by atoms with Crippen LogP contribution in [0.1, 0.15) is 113 Å². The summed E-state index contributed by atoms with van der Waals surface area (Å²) >= 11 is 0. The van der Waals surface area contributed by atoms with Gasteiger partial charge in [-0.25, -0.2) is 17.6 Å². The minimum atomic E-state index is -5.11. The fourth-order valence-corrected chi connectivity index (χ4v) is 7.15. The van der Waals surface area contributed by atoms with Gasteiger partial charge in [0.1, 0.15) is 17.6 Å². The van der Waals surface area contributed by atoms with Gasteiger partial charge in [0.05, 0.1) is 11.6 Å². The third kappa shape index (κ3) is 8.71. The fraction of sp³-hybridized carbons (Fsp3) is 0.647. The molecule has 3 N–H and O–H groups in total. The van der Waals surface area contributed by atoms with Crippen LogP contribution in [0.2, 0.25) is 0 Å².